The molecule has 22 heavy (non-hydrogen) atoms. The van der Waals surface area contributed by atoms with E-state index >= 15 is 0 Å². The van der Waals surface area contributed by atoms with E-state index in [9.17, 15) is 9.90 Å². The number of piperidine rings is 2. The van der Waals surface area contributed by atoms with E-state index in [0.717, 1.165) is 50.3 Å². The Labute approximate surface area is 135 Å². The fourth-order valence-corrected chi connectivity index (χ4v) is 5.05. The molecule has 2 saturated heterocycles. The number of hydrogen-bond acceptors (Lipinski definition) is 5. The van der Waals surface area contributed by atoms with E-state index in [1.165, 1.54) is 10.6 Å². The highest BCUT2D eigenvalue weighted by molar-refractivity contribution is 7.11. The molecule has 2 aliphatic rings. The second kappa shape index (κ2) is 6.26. The third-order valence-corrected chi connectivity index (χ3v) is 6.11. The number of rotatable bonds is 4. The predicted octanol–water partition coefficient (Wildman–Crippen LogP) is 2.04. The second-order valence-corrected chi connectivity index (χ2v) is 7.81. The number of aryl methyl sites for hydroxylation is 2. The van der Waals surface area contributed by atoms with E-state index in [4.69, 9.17) is 0 Å². The first-order valence-corrected chi connectivity index (χ1v) is 9.01. The summed E-state index contributed by atoms with van der Waals surface area (Å²) in [6.45, 7) is 7.59. The molecule has 1 aromatic rings. The molecule has 5 nitrogen and oxygen atoms in total. The molecular weight excluding hydrogens is 298 g/mol. The van der Waals surface area contributed by atoms with Crippen molar-refractivity contribution in [2.45, 2.75) is 52.1 Å². The number of thiazole rings is 1. The number of aromatic nitrogens is 1. The third-order valence-electron chi connectivity index (χ3n) is 5.11. The first-order valence-electron chi connectivity index (χ1n) is 8.19. The van der Waals surface area contributed by atoms with Gasteiger partial charge in [0.2, 0.25) is 0 Å². The minimum atomic E-state index is -0.634. The number of hydrogen-bond donors (Lipinski definition) is 2. The van der Waals surface area contributed by atoms with Crippen LogP contribution in [-0.2, 0) is 17.8 Å². The molecule has 0 unspecified atom stereocenters. The molecule has 0 saturated carbocycles. The average molecular weight is 323 g/mol. The number of carboxylic acid groups (broad SMARTS) is 1. The van der Waals surface area contributed by atoms with Gasteiger partial charge in [0.15, 0.2) is 0 Å². The molecule has 6 heteroatoms. The molecule has 0 radical (unpaired) electrons. The van der Waals surface area contributed by atoms with Crippen LogP contribution in [0.5, 0.6) is 0 Å². The van der Waals surface area contributed by atoms with Crippen molar-refractivity contribution in [1.29, 1.82) is 0 Å². The Kier molecular flexibility index (Phi) is 4.52. The molecule has 0 bridgehead atoms. The van der Waals surface area contributed by atoms with Gasteiger partial charge in [-0.2, -0.15) is 0 Å². The monoisotopic (exact) mass is 323 g/mol. The van der Waals surface area contributed by atoms with Gasteiger partial charge in [0.1, 0.15) is 0 Å². The molecule has 3 heterocycles. The van der Waals surface area contributed by atoms with E-state index in [2.05, 4.69) is 22.1 Å². The maximum Gasteiger partial charge on any atom is 0.312 e. The van der Waals surface area contributed by atoms with E-state index in [1.807, 2.05) is 6.92 Å². The first kappa shape index (κ1) is 15.9. The Morgan fingerprint density at radius 2 is 2.41 bits per heavy atom. The maximum absolute atomic E-state index is 12.0. The summed E-state index contributed by atoms with van der Waals surface area (Å²) < 4.78 is 0. The Bertz CT molecular complexity index is 560. The number of nitrogens with one attached hydrogen (secondary N) is 1. The van der Waals surface area contributed by atoms with Crippen LogP contribution in [0.1, 0.15) is 41.8 Å². The first-order chi connectivity index (χ1) is 10.5. The minimum Gasteiger partial charge on any atom is -0.481 e. The number of nitrogens with zero attached hydrogens (tertiary/aromatic N) is 2. The van der Waals surface area contributed by atoms with Crippen LogP contribution in [-0.4, -0.2) is 46.6 Å². The van der Waals surface area contributed by atoms with Crippen LogP contribution in [0.25, 0.3) is 0 Å². The lowest BCUT2D eigenvalue weighted by atomic mass is 9.70. The lowest BCUT2D eigenvalue weighted by molar-refractivity contribution is -0.157. The van der Waals surface area contributed by atoms with Gasteiger partial charge >= 0.3 is 5.97 Å². The van der Waals surface area contributed by atoms with Crippen molar-refractivity contribution in [3.05, 3.63) is 15.6 Å². The molecule has 1 aromatic heterocycles. The second-order valence-electron chi connectivity index (χ2n) is 6.53. The summed E-state index contributed by atoms with van der Waals surface area (Å²) in [7, 11) is 0. The van der Waals surface area contributed by atoms with Crippen LogP contribution in [0.4, 0.5) is 0 Å². The summed E-state index contributed by atoms with van der Waals surface area (Å²) in [4.78, 5) is 20.2. The molecule has 0 amide bonds. The minimum absolute atomic E-state index is 0.129. The molecule has 2 N–H and O–H groups in total. The quantitative estimate of drug-likeness (QED) is 0.888. The highest BCUT2D eigenvalue weighted by Crippen LogP contribution is 2.38. The van der Waals surface area contributed by atoms with Crippen molar-refractivity contribution in [2.75, 3.05) is 19.6 Å². The Morgan fingerprint density at radius 3 is 3.14 bits per heavy atom. The summed E-state index contributed by atoms with van der Waals surface area (Å²) in [5.74, 6) is -0.634. The van der Waals surface area contributed by atoms with Gasteiger partial charge in [-0.25, -0.2) is 4.98 Å². The standard InChI is InChI=1S/C16H25N3O2S/c1-3-12-13(22-11(2)18-12)9-19-8-5-14-16(10-19,15(20)21)6-4-7-17-14/h14,17H,3-10H2,1-2H3,(H,20,21)/t14-,16+/m1/s1. The number of carboxylic acids is 1. The van der Waals surface area contributed by atoms with Gasteiger partial charge in [-0.1, -0.05) is 6.92 Å². The lowest BCUT2D eigenvalue weighted by Crippen LogP contribution is -2.62. The number of likely N-dealkylation sites (tertiary alicyclic amines) is 1. The smallest absolute Gasteiger partial charge is 0.312 e. The van der Waals surface area contributed by atoms with Crippen LogP contribution in [0.15, 0.2) is 0 Å². The van der Waals surface area contributed by atoms with E-state index in [1.54, 1.807) is 11.3 Å². The van der Waals surface area contributed by atoms with E-state index in [0.29, 0.717) is 6.54 Å². The highest BCUT2D eigenvalue weighted by Gasteiger charge is 2.50. The largest absolute Gasteiger partial charge is 0.481 e. The molecule has 0 aromatic carbocycles. The van der Waals surface area contributed by atoms with Crippen molar-refractivity contribution in [3.63, 3.8) is 0 Å². The molecule has 0 spiro atoms. The topological polar surface area (TPSA) is 65.5 Å². The van der Waals surface area contributed by atoms with Crippen molar-refractivity contribution in [2.24, 2.45) is 5.41 Å². The van der Waals surface area contributed by atoms with Gasteiger partial charge < -0.3 is 10.4 Å². The fourth-order valence-electron chi connectivity index (χ4n) is 3.98. The van der Waals surface area contributed by atoms with E-state index < -0.39 is 11.4 Å². The van der Waals surface area contributed by atoms with Gasteiger partial charge in [0.05, 0.1) is 16.1 Å². The highest BCUT2D eigenvalue weighted by atomic mass is 32.1. The number of aliphatic carboxylic acids is 1. The molecule has 122 valence electrons. The Balaban J connectivity index is 1.77. The SMILES string of the molecule is CCc1nc(C)sc1CN1CC[C@H]2NCCC[C@]2(C(=O)O)C1. The van der Waals surface area contributed by atoms with Gasteiger partial charge in [0, 0.05) is 30.6 Å². The van der Waals surface area contributed by atoms with Crippen LogP contribution in [0.3, 0.4) is 0 Å². The maximum atomic E-state index is 12.0. The number of carbonyl (C=O) groups is 1. The fraction of sp³-hybridized carbons (Fsp3) is 0.750. The van der Waals surface area contributed by atoms with Gasteiger partial charge in [0.25, 0.3) is 0 Å². The van der Waals surface area contributed by atoms with Crippen molar-refractivity contribution < 1.29 is 9.90 Å². The molecule has 2 atom stereocenters. The summed E-state index contributed by atoms with van der Waals surface area (Å²) >= 11 is 1.75. The normalized spacial score (nSPS) is 29.3. The van der Waals surface area contributed by atoms with Gasteiger partial charge in [-0.3, -0.25) is 9.69 Å². The third kappa shape index (κ3) is 2.79. The summed E-state index contributed by atoms with van der Waals surface area (Å²) in [5.41, 5.74) is 0.568. The molecule has 0 aliphatic carbocycles. The predicted molar refractivity (Wildman–Crippen MR) is 87.2 cm³/mol. The zero-order chi connectivity index (χ0) is 15.7. The van der Waals surface area contributed by atoms with Crippen LogP contribution in [0.2, 0.25) is 0 Å². The summed E-state index contributed by atoms with van der Waals surface area (Å²) in [5, 5.41) is 14.4. The Hall–Kier alpha value is -0.980. The van der Waals surface area contributed by atoms with Crippen molar-refractivity contribution in [1.82, 2.24) is 15.2 Å². The van der Waals surface area contributed by atoms with Crippen LogP contribution < -0.4 is 5.32 Å². The zero-order valence-corrected chi connectivity index (χ0v) is 14.2. The van der Waals surface area contributed by atoms with Crippen LogP contribution in [0, 0.1) is 12.3 Å². The summed E-state index contributed by atoms with van der Waals surface area (Å²) in [6, 6.07) is 0.129. The van der Waals surface area contributed by atoms with Crippen LogP contribution >= 0.6 is 11.3 Å². The molecule has 2 fully saturated rings. The van der Waals surface area contributed by atoms with Gasteiger partial charge in [-0.05, 0) is 39.2 Å². The molecule has 3 rings (SSSR count). The Morgan fingerprint density at radius 1 is 1.59 bits per heavy atom. The number of fused-ring (bicyclic) bond motifs is 1. The zero-order valence-electron chi connectivity index (χ0n) is 13.4. The van der Waals surface area contributed by atoms with Crippen molar-refractivity contribution in [3.8, 4) is 0 Å². The lowest BCUT2D eigenvalue weighted by Gasteiger charge is -2.48. The molecule has 2 aliphatic heterocycles. The molecular formula is C16H25N3O2S. The van der Waals surface area contributed by atoms with Crippen molar-refractivity contribution >= 4 is 17.3 Å². The van der Waals surface area contributed by atoms with E-state index in [-0.39, 0.29) is 6.04 Å². The summed E-state index contributed by atoms with van der Waals surface area (Å²) in [6.07, 6.45) is 3.61. The average Bonchev–Trinajstić information content (AvgIpc) is 2.86. The van der Waals surface area contributed by atoms with Gasteiger partial charge in [-0.15, -0.1) is 11.3 Å².